The lowest BCUT2D eigenvalue weighted by Crippen LogP contribution is -2.50. The van der Waals surface area contributed by atoms with Crippen molar-refractivity contribution in [3.05, 3.63) is 64.7 Å². The van der Waals surface area contributed by atoms with E-state index in [4.69, 9.17) is 0 Å². The van der Waals surface area contributed by atoms with Crippen LogP contribution in [-0.4, -0.2) is 52.9 Å². The highest BCUT2D eigenvalue weighted by atomic mass is 19.4. The summed E-state index contributed by atoms with van der Waals surface area (Å²) in [7, 11) is 0. The SMILES string of the molecule is O=C(c1ccc(C(F)(F)F)cc1)N1CCN(C(=O)c2c(O)cc(F)cc2F)CC1. The summed E-state index contributed by atoms with van der Waals surface area (Å²) in [6, 6.07) is 4.89. The summed E-state index contributed by atoms with van der Waals surface area (Å²) in [5.41, 5.74) is -1.46. The lowest BCUT2D eigenvalue weighted by atomic mass is 10.1. The molecule has 0 saturated carbocycles. The molecule has 2 aromatic carbocycles. The van der Waals surface area contributed by atoms with Gasteiger partial charge >= 0.3 is 6.18 Å². The van der Waals surface area contributed by atoms with Crippen molar-refractivity contribution in [2.24, 2.45) is 0 Å². The summed E-state index contributed by atoms with van der Waals surface area (Å²) in [5, 5.41) is 9.67. The van der Waals surface area contributed by atoms with Crippen LogP contribution < -0.4 is 0 Å². The summed E-state index contributed by atoms with van der Waals surface area (Å²) in [5.74, 6) is -4.39. The van der Waals surface area contributed by atoms with E-state index in [0.29, 0.717) is 12.1 Å². The fourth-order valence-electron chi connectivity index (χ4n) is 3.03. The molecule has 0 atom stereocenters. The normalized spacial score (nSPS) is 14.8. The van der Waals surface area contributed by atoms with Crippen LogP contribution >= 0.6 is 0 Å². The van der Waals surface area contributed by atoms with Gasteiger partial charge in [0.25, 0.3) is 11.8 Å². The van der Waals surface area contributed by atoms with Crippen molar-refractivity contribution < 1.29 is 36.6 Å². The lowest BCUT2D eigenvalue weighted by molar-refractivity contribution is -0.137. The average Bonchev–Trinajstić information content (AvgIpc) is 2.66. The second-order valence-electron chi connectivity index (χ2n) is 6.44. The van der Waals surface area contributed by atoms with Gasteiger partial charge < -0.3 is 14.9 Å². The molecule has 10 heteroatoms. The number of amides is 2. The molecular weight excluding hydrogens is 399 g/mol. The Kier molecular flexibility index (Phi) is 5.45. The molecule has 1 heterocycles. The Labute approximate surface area is 162 Å². The van der Waals surface area contributed by atoms with Crippen molar-refractivity contribution in [3.63, 3.8) is 0 Å². The number of hydrogen-bond acceptors (Lipinski definition) is 3. The first kappa shape index (κ1) is 20.6. The summed E-state index contributed by atoms with van der Waals surface area (Å²) >= 11 is 0. The van der Waals surface area contributed by atoms with Gasteiger partial charge in [-0.05, 0) is 24.3 Å². The van der Waals surface area contributed by atoms with E-state index in [2.05, 4.69) is 0 Å². The Morgan fingerprint density at radius 1 is 0.862 bits per heavy atom. The van der Waals surface area contributed by atoms with Gasteiger partial charge in [0.2, 0.25) is 0 Å². The number of nitrogens with zero attached hydrogens (tertiary/aromatic N) is 2. The lowest BCUT2D eigenvalue weighted by Gasteiger charge is -2.35. The summed E-state index contributed by atoms with van der Waals surface area (Å²) in [4.78, 5) is 27.4. The maximum Gasteiger partial charge on any atom is 0.416 e. The molecule has 0 radical (unpaired) electrons. The maximum atomic E-state index is 13.9. The number of halogens is 5. The zero-order valence-electron chi connectivity index (χ0n) is 14.8. The van der Waals surface area contributed by atoms with Crippen LogP contribution in [-0.2, 0) is 6.18 Å². The Hall–Kier alpha value is -3.17. The van der Waals surface area contributed by atoms with Gasteiger partial charge in [0.1, 0.15) is 22.9 Å². The third-order valence-electron chi connectivity index (χ3n) is 4.56. The van der Waals surface area contributed by atoms with Crippen molar-refractivity contribution in [1.82, 2.24) is 9.80 Å². The average molecular weight is 414 g/mol. The largest absolute Gasteiger partial charge is 0.507 e. The van der Waals surface area contributed by atoms with Crippen LogP contribution in [0, 0.1) is 11.6 Å². The van der Waals surface area contributed by atoms with E-state index in [-0.39, 0.29) is 31.7 Å². The third-order valence-corrected chi connectivity index (χ3v) is 4.56. The van der Waals surface area contributed by atoms with Gasteiger partial charge in [-0.2, -0.15) is 13.2 Å². The highest BCUT2D eigenvalue weighted by Gasteiger charge is 2.31. The number of carbonyl (C=O) groups excluding carboxylic acids is 2. The van der Waals surface area contributed by atoms with Crippen molar-refractivity contribution in [2.45, 2.75) is 6.18 Å². The van der Waals surface area contributed by atoms with Crippen LogP contribution in [0.4, 0.5) is 22.0 Å². The molecule has 5 nitrogen and oxygen atoms in total. The first-order valence-corrected chi connectivity index (χ1v) is 8.51. The van der Waals surface area contributed by atoms with E-state index >= 15 is 0 Å². The van der Waals surface area contributed by atoms with Gasteiger partial charge in [-0.15, -0.1) is 0 Å². The second kappa shape index (κ2) is 7.69. The number of hydrogen-bond donors (Lipinski definition) is 1. The predicted molar refractivity (Wildman–Crippen MR) is 91.3 cm³/mol. The molecule has 2 aromatic rings. The van der Waals surface area contributed by atoms with Crippen LogP contribution in [0.3, 0.4) is 0 Å². The molecule has 0 bridgehead atoms. The number of piperazine rings is 1. The first-order valence-electron chi connectivity index (χ1n) is 8.51. The number of alkyl halides is 3. The summed E-state index contributed by atoms with van der Waals surface area (Å²) < 4.78 is 64.8. The maximum absolute atomic E-state index is 13.9. The summed E-state index contributed by atoms with van der Waals surface area (Å²) in [6.07, 6.45) is -4.51. The van der Waals surface area contributed by atoms with E-state index in [0.717, 1.165) is 24.3 Å². The van der Waals surface area contributed by atoms with Gasteiger partial charge in [-0.3, -0.25) is 9.59 Å². The van der Waals surface area contributed by atoms with Crippen LogP contribution in [0.2, 0.25) is 0 Å². The minimum Gasteiger partial charge on any atom is -0.507 e. The molecule has 0 aliphatic carbocycles. The number of aromatic hydroxyl groups is 1. The number of carbonyl (C=O) groups is 2. The molecule has 2 amide bonds. The highest BCUT2D eigenvalue weighted by Crippen LogP contribution is 2.29. The Balaban J connectivity index is 1.66. The molecule has 1 N–H and O–H groups in total. The molecule has 0 unspecified atom stereocenters. The van der Waals surface area contributed by atoms with Crippen LogP contribution in [0.15, 0.2) is 36.4 Å². The fraction of sp³-hybridized carbons (Fsp3) is 0.263. The van der Waals surface area contributed by atoms with Gasteiger partial charge in [-0.25, -0.2) is 8.78 Å². The van der Waals surface area contributed by atoms with Gasteiger partial charge in [0, 0.05) is 43.9 Å². The van der Waals surface area contributed by atoms with E-state index in [1.54, 1.807) is 0 Å². The Morgan fingerprint density at radius 2 is 1.38 bits per heavy atom. The van der Waals surface area contributed by atoms with Crippen molar-refractivity contribution in [2.75, 3.05) is 26.2 Å². The minimum atomic E-state index is -4.51. The predicted octanol–water partition coefficient (Wildman–Crippen LogP) is 3.29. The van der Waals surface area contributed by atoms with Crippen molar-refractivity contribution in [3.8, 4) is 5.75 Å². The molecule has 29 heavy (non-hydrogen) atoms. The topological polar surface area (TPSA) is 60.9 Å². The molecule has 0 aromatic heterocycles. The highest BCUT2D eigenvalue weighted by molar-refractivity contribution is 5.98. The third kappa shape index (κ3) is 4.30. The fourth-order valence-corrected chi connectivity index (χ4v) is 3.03. The Bertz CT molecular complexity index is 913. The smallest absolute Gasteiger partial charge is 0.416 e. The van der Waals surface area contributed by atoms with Gasteiger partial charge in [-0.1, -0.05) is 0 Å². The molecule has 0 spiro atoms. The van der Waals surface area contributed by atoms with E-state index in [1.165, 1.54) is 9.80 Å². The molecule has 1 fully saturated rings. The molecule has 154 valence electrons. The zero-order chi connectivity index (χ0) is 21.3. The molecule has 1 aliphatic rings. The summed E-state index contributed by atoms with van der Waals surface area (Å²) in [6.45, 7) is 0.160. The minimum absolute atomic E-state index is 0.0153. The van der Waals surface area contributed by atoms with Crippen LogP contribution in [0.25, 0.3) is 0 Å². The van der Waals surface area contributed by atoms with Crippen molar-refractivity contribution >= 4 is 11.8 Å². The van der Waals surface area contributed by atoms with Crippen LogP contribution in [0.1, 0.15) is 26.3 Å². The number of phenolic OH excluding ortho intramolecular Hbond substituents is 1. The second-order valence-corrected chi connectivity index (χ2v) is 6.44. The van der Waals surface area contributed by atoms with E-state index in [1.807, 2.05) is 0 Å². The molecular formula is C19H15F5N2O3. The van der Waals surface area contributed by atoms with Gasteiger partial charge in [0.05, 0.1) is 5.56 Å². The first-order chi connectivity index (χ1) is 13.6. The number of rotatable bonds is 2. The number of phenols is 1. The van der Waals surface area contributed by atoms with Gasteiger partial charge in [0.15, 0.2) is 0 Å². The molecule has 1 saturated heterocycles. The molecule has 1 aliphatic heterocycles. The monoisotopic (exact) mass is 414 g/mol. The Morgan fingerprint density at radius 3 is 1.86 bits per heavy atom. The quantitative estimate of drug-likeness (QED) is 0.768. The van der Waals surface area contributed by atoms with Crippen LogP contribution in [0.5, 0.6) is 5.75 Å². The van der Waals surface area contributed by atoms with E-state index in [9.17, 15) is 36.6 Å². The van der Waals surface area contributed by atoms with Crippen molar-refractivity contribution in [1.29, 1.82) is 0 Å². The zero-order valence-corrected chi connectivity index (χ0v) is 14.8. The standard InChI is InChI=1S/C19H15F5N2O3/c20-13-9-14(21)16(15(27)10-13)18(29)26-7-5-25(6-8-26)17(28)11-1-3-12(4-2-11)19(22,23)24/h1-4,9-10,27H,5-8H2. The van der Waals surface area contributed by atoms with E-state index < -0.39 is 46.5 Å². The number of benzene rings is 2. The molecule has 3 rings (SSSR count).